The number of ether oxygens (including phenoxy) is 1. The van der Waals surface area contributed by atoms with E-state index in [0.717, 1.165) is 24.3 Å². The molecular formula is C8H9NO. The molecule has 0 aromatic carbocycles. The van der Waals surface area contributed by atoms with Crippen LogP contribution in [0.2, 0.25) is 0 Å². The van der Waals surface area contributed by atoms with Gasteiger partial charge in [-0.3, -0.25) is 4.99 Å². The maximum absolute atomic E-state index is 5.36. The minimum Gasteiger partial charge on any atom is -0.490 e. The Morgan fingerprint density at radius 3 is 3.40 bits per heavy atom. The van der Waals surface area contributed by atoms with Gasteiger partial charge in [0.1, 0.15) is 18.1 Å². The first-order chi connectivity index (χ1) is 4.97. The Bertz CT molecular complexity index is 203. The van der Waals surface area contributed by atoms with E-state index in [2.05, 4.69) is 11.1 Å². The Balaban J connectivity index is 2.32. The molecule has 52 valence electrons. The number of rotatable bonds is 0. The van der Waals surface area contributed by atoms with Crippen LogP contribution >= 0.6 is 0 Å². The average Bonchev–Trinajstić information content (AvgIpc) is 2.05. The highest BCUT2D eigenvalue weighted by atomic mass is 16.5. The molecule has 0 saturated carbocycles. The summed E-state index contributed by atoms with van der Waals surface area (Å²) in [6.07, 6.45) is 8.06. The fourth-order valence-corrected chi connectivity index (χ4v) is 1.17. The van der Waals surface area contributed by atoms with Gasteiger partial charge < -0.3 is 4.74 Å². The van der Waals surface area contributed by atoms with Gasteiger partial charge in [-0.1, -0.05) is 6.08 Å². The van der Waals surface area contributed by atoms with E-state index in [1.54, 1.807) is 6.21 Å². The minimum absolute atomic E-state index is 0.646. The van der Waals surface area contributed by atoms with E-state index in [0.29, 0.717) is 6.61 Å². The maximum Gasteiger partial charge on any atom is 0.123 e. The molecule has 2 rings (SSSR count). The van der Waals surface area contributed by atoms with E-state index >= 15 is 0 Å². The van der Waals surface area contributed by atoms with Crippen LogP contribution in [0.4, 0.5) is 0 Å². The molecule has 10 heavy (non-hydrogen) atoms. The first-order valence-corrected chi connectivity index (χ1v) is 3.52. The van der Waals surface area contributed by atoms with E-state index in [4.69, 9.17) is 4.74 Å². The molecule has 0 N–H and O–H groups in total. The molecule has 0 saturated heterocycles. The van der Waals surface area contributed by atoms with E-state index in [1.165, 1.54) is 0 Å². The zero-order chi connectivity index (χ0) is 6.81. The largest absolute Gasteiger partial charge is 0.490 e. The van der Waals surface area contributed by atoms with Crippen LogP contribution in [-0.4, -0.2) is 12.8 Å². The minimum atomic E-state index is 0.646. The number of allylic oxidation sites excluding steroid dienone is 3. The van der Waals surface area contributed by atoms with Crippen molar-refractivity contribution in [2.45, 2.75) is 12.8 Å². The molecule has 0 spiro atoms. The predicted molar refractivity (Wildman–Crippen MR) is 39.8 cm³/mol. The molecule has 2 heteroatoms. The summed E-state index contributed by atoms with van der Waals surface area (Å²) in [5.74, 6) is 1.06. The van der Waals surface area contributed by atoms with Gasteiger partial charge in [0, 0.05) is 12.6 Å². The summed E-state index contributed by atoms with van der Waals surface area (Å²) >= 11 is 0. The molecule has 0 fully saturated rings. The van der Waals surface area contributed by atoms with Crippen molar-refractivity contribution in [3.8, 4) is 0 Å². The monoisotopic (exact) mass is 135 g/mol. The molecule has 0 aromatic heterocycles. The van der Waals surface area contributed by atoms with Crippen LogP contribution in [0, 0.1) is 0 Å². The van der Waals surface area contributed by atoms with Crippen molar-refractivity contribution in [1.29, 1.82) is 0 Å². The zero-order valence-corrected chi connectivity index (χ0v) is 5.71. The second-order valence-corrected chi connectivity index (χ2v) is 2.37. The molecule has 2 aliphatic rings. The number of aliphatic imine (C=N–C) groups is 1. The van der Waals surface area contributed by atoms with Gasteiger partial charge in [-0.05, 0) is 12.5 Å². The number of nitrogens with zero attached hydrogens (tertiary/aromatic N) is 1. The molecule has 1 aliphatic carbocycles. The van der Waals surface area contributed by atoms with Gasteiger partial charge >= 0.3 is 0 Å². The summed E-state index contributed by atoms with van der Waals surface area (Å²) in [5, 5.41) is 0. The van der Waals surface area contributed by atoms with Crippen LogP contribution in [0.15, 0.2) is 28.6 Å². The second kappa shape index (κ2) is 2.29. The van der Waals surface area contributed by atoms with Gasteiger partial charge in [0.2, 0.25) is 0 Å². The van der Waals surface area contributed by atoms with Crippen LogP contribution < -0.4 is 0 Å². The summed E-state index contributed by atoms with van der Waals surface area (Å²) in [7, 11) is 0. The lowest BCUT2D eigenvalue weighted by Gasteiger charge is -2.16. The summed E-state index contributed by atoms with van der Waals surface area (Å²) in [6, 6.07) is 0. The van der Waals surface area contributed by atoms with Gasteiger partial charge in [0.25, 0.3) is 0 Å². The van der Waals surface area contributed by atoms with Gasteiger partial charge in [-0.15, -0.1) is 0 Å². The Kier molecular flexibility index (Phi) is 1.31. The summed E-state index contributed by atoms with van der Waals surface area (Å²) in [6.45, 7) is 0.646. The topological polar surface area (TPSA) is 21.6 Å². The molecular weight excluding hydrogens is 126 g/mol. The Labute approximate surface area is 59.9 Å². The molecule has 0 bridgehead atoms. The highest BCUT2D eigenvalue weighted by Crippen LogP contribution is 2.22. The SMILES string of the molecule is C1=CC2=C(CC1)OCC=N2. The third kappa shape index (κ3) is 0.856. The van der Waals surface area contributed by atoms with Crippen molar-refractivity contribution in [3.05, 3.63) is 23.6 Å². The molecule has 0 unspecified atom stereocenters. The van der Waals surface area contributed by atoms with E-state index in [9.17, 15) is 0 Å². The Morgan fingerprint density at radius 1 is 1.50 bits per heavy atom. The first-order valence-electron chi connectivity index (χ1n) is 3.52. The highest BCUT2D eigenvalue weighted by Gasteiger charge is 2.10. The lowest BCUT2D eigenvalue weighted by atomic mass is 10.1. The summed E-state index contributed by atoms with van der Waals surface area (Å²) < 4.78 is 5.36. The van der Waals surface area contributed by atoms with Crippen molar-refractivity contribution in [2.24, 2.45) is 4.99 Å². The third-order valence-electron chi connectivity index (χ3n) is 1.66. The van der Waals surface area contributed by atoms with E-state index in [1.807, 2.05) is 6.08 Å². The van der Waals surface area contributed by atoms with E-state index in [-0.39, 0.29) is 0 Å². The molecule has 1 heterocycles. The van der Waals surface area contributed by atoms with Crippen LogP contribution in [0.25, 0.3) is 0 Å². The quantitative estimate of drug-likeness (QED) is 0.495. The first kappa shape index (κ1) is 5.71. The number of hydrogen-bond acceptors (Lipinski definition) is 2. The van der Waals surface area contributed by atoms with Gasteiger partial charge in [0.05, 0.1) is 0 Å². The van der Waals surface area contributed by atoms with Gasteiger partial charge in [-0.25, -0.2) is 0 Å². The third-order valence-corrected chi connectivity index (χ3v) is 1.66. The van der Waals surface area contributed by atoms with Crippen LogP contribution in [-0.2, 0) is 4.74 Å². The molecule has 1 aliphatic heterocycles. The highest BCUT2D eigenvalue weighted by molar-refractivity contribution is 5.63. The maximum atomic E-state index is 5.36. The zero-order valence-electron chi connectivity index (χ0n) is 5.71. The Morgan fingerprint density at radius 2 is 2.50 bits per heavy atom. The fourth-order valence-electron chi connectivity index (χ4n) is 1.17. The molecule has 0 atom stereocenters. The predicted octanol–water partition coefficient (Wildman–Crippen LogP) is 1.65. The van der Waals surface area contributed by atoms with Crippen LogP contribution in [0.5, 0.6) is 0 Å². The molecule has 0 aromatic rings. The second-order valence-electron chi connectivity index (χ2n) is 2.37. The van der Waals surface area contributed by atoms with Crippen LogP contribution in [0.3, 0.4) is 0 Å². The molecule has 0 radical (unpaired) electrons. The van der Waals surface area contributed by atoms with Gasteiger partial charge in [0.15, 0.2) is 0 Å². The van der Waals surface area contributed by atoms with Crippen molar-refractivity contribution in [1.82, 2.24) is 0 Å². The Hall–Kier alpha value is -1.05. The molecule has 0 amide bonds. The van der Waals surface area contributed by atoms with Crippen molar-refractivity contribution in [3.63, 3.8) is 0 Å². The van der Waals surface area contributed by atoms with Gasteiger partial charge in [-0.2, -0.15) is 0 Å². The smallest absolute Gasteiger partial charge is 0.123 e. The fraction of sp³-hybridized carbons (Fsp3) is 0.375. The summed E-state index contributed by atoms with van der Waals surface area (Å²) in [4.78, 5) is 4.19. The van der Waals surface area contributed by atoms with Crippen molar-refractivity contribution >= 4 is 6.21 Å². The van der Waals surface area contributed by atoms with Crippen LogP contribution in [0.1, 0.15) is 12.8 Å². The van der Waals surface area contributed by atoms with Crippen molar-refractivity contribution in [2.75, 3.05) is 6.61 Å². The molecule has 2 nitrogen and oxygen atoms in total. The summed E-state index contributed by atoms with van der Waals surface area (Å²) in [5.41, 5.74) is 1.01. The van der Waals surface area contributed by atoms with Crippen molar-refractivity contribution < 1.29 is 4.74 Å². The number of hydrogen-bond donors (Lipinski definition) is 0. The van der Waals surface area contributed by atoms with E-state index < -0.39 is 0 Å². The average molecular weight is 135 g/mol. The standard InChI is InChI=1S/C8H9NO/c1-2-4-8-7(3-1)9-5-6-10-8/h1,3,5H,2,4,6H2. The normalized spacial score (nSPS) is 22.4. The lowest BCUT2D eigenvalue weighted by Crippen LogP contribution is -2.06. The lowest BCUT2D eigenvalue weighted by molar-refractivity contribution is 0.240.